The molecule has 4 heteroatoms. The molecule has 0 fully saturated rings. The first-order valence-corrected chi connectivity index (χ1v) is 10.6. The first-order valence-electron chi connectivity index (χ1n) is 10.6. The molecule has 150 valence electrons. The van der Waals surface area contributed by atoms with E-state index < -0.39 is 5.97 Å². The molecule has 0 radical (unpaired) electrons. The Morgan fingerprint density at radius 1 is 0.880 bits per heavy atom. The van der Waals surface area contributed by atoms with Crippen LogP contribution >= 0.6 is 0 Å². The second kappa shape index (κ2) is 15.6. The highest BCUT2D eigenvalue weighted by Gasteiger charge is 2.19. The maximum Gasteiger partial charge on any atom is 0.105 e. The van der Waals surface area contributed by atoms with Crippen molar-refractivity contribution in [3.63, 3.8) is 0 Å². The summed E-state index contributed by atoms with van der Waals surface area (Å²) >= 11 is 0. The van der Waals surface area contributed by atoms with E-state index in [0.29, 0.717) is 6.42 Å². The molecule has 0 aliphatic rings. The van der Waals surface area contributed by atoms with Crippen molar-refractivity contribution in [2.24, 2.45) is 0 Å². The summed E-state index contributed by atoms with van der Waals surface area (Å²) in [6.07, 6.45) is 15.5. The van der Waals surface area contributed by atoms with Crippen LogP contribution in [0.25, 0.3) is 0 Å². The molecule has 0 saturated heterocycles. The monoisotopic (exact) mass is 357 g/mol. The highest BCUT2D eigenvalue weighted by molar-refractivity contribution is 5.64. The summed E-state index contributed by atoms with van der Waals surface area (Å²) in [7, 11) is 4.22. The Morgan fingerprint density at radius 2 is 1.40 bits per heavy atom. The van der Waals surface area contributed by atoms with Crippen molar-refractivity contribution in [1.82, 2.24) is 0 Å². The molecule has 1 atom stereocenters. The fourth-order valence-electron chi connectivity index (χ4n) is 3.43. The zero-order valence-electron chi connectivity index (χ0n) is 17.1. The van der Waals surface area contributed by atoms with E-state index in [0.717, 1.165) is 36.8 Å². The molecule has 0 saturated carbocycles. The van der Waals surface area contributed by atoms with E-state index in [1.165, 1.54) is 57.8 Å². The quantitative estimate of drug-likeness (QED) is 0.301. The predicted molar refractivity (Wildman–Crippen MR) is 103 cm³/mol. The molecule has 25 heavy (non-hydrogen) atoms. The largest absolute Gasteiger partial charge is 0.550 e. The van der Waals surface area contributed by atoms with Crippen LogP contribution in [0.5, 0.6) is 0 Å². The molecule has 0 aromatic heterocycles. The molecule has 0 amide bonds. The van der Waals surface area contributed by atoms with Gasteiger partial charge in [0.05, 0.1) is 20.6 Å². The van der Waals surface area contributed by atoms with Gasteiger partial charge >= 0.3 is 0 Å². The molecular weight excluding hydrogens is 314 g/mol. The van der Waals surface area contributed by atoms with Crippen LogP contribution in [0, 0.1) is 0 Å². The summed E-state index contributed by atoms with van der Waals surface area (Å²) in [6, 6.07) is 0. The van der Waals surface area contributed by atoms with E-state index in [1.54, 1.807) is 0 Å². The number of carbonyl (C=O) groups is 1. The Bertz CT molecular complexity index is 318. The number of carboxylic acids is 1. The minimum atomic E-state index is -0.966. The smallest absolute Gasteiger partial charge is 0.105 e. The zero-order valence-corrected chi connectivity index (χ0v) is 17.1. The standard InChI is InChI=1S/C21H43NO3/c1-4-5-6-7-8-9-10-11-12-13-16-20(23)19-22(2,3)18-15-14-17-21(24)25/h20,23H,4-19H2,1-3H3. The Labute approximate surface area is 156 Å². The molecule has 0 heterocycles. The van der Waals surface area contributed by atoms with Crippen molar-refractivity contribution < 1.29 is 19.5 Å². The Hall–Kier alpha value is -0.610. The van der Waals surface area contributed by atoms with Crippen LogP contribution in [-0.2, 0) is 4.79 Å². The van der Waals surface area contributed by atoms with Crippen LogP contribution in [0.15, 0.2) is 0 Å². The van der Waals surface area contributed by atoms with Gasteiger partial charge in [0.2, 0.25) is 0 Å². The number of hydrogen-bond donors (Lipinski definition) is 1. The molecule has 1 unspecified atom stereocenters. The molecule has 0 rings (SSSR count). The summed E-state index contributed by atoms with van der Waals surface area (Å²) in [5.41, 5.74) is 0. The van der Waals surface area contributed by atoms with Gasteiger partial charge in [0.1, 0.15) is 12.6 Å². The summed E-state index contributed by atoms with van der Waals surface area (Å²) in [4.78, 5) is 10.4. The third-order valence-corrected chi connectivity index (χ3v) is 4.99. The van der Waals surface area contributed by atoms with E-state index in [2.05, 4.69) is 21.0 Å². The van der Waals surface area contributed by atoms with E-state index >= 15 is 0 Å². The highest BCUT2D eigenvalue weighted by atomic mass is 16.4. The van der Waals surface area contributed by atoms with Crippen LogP contribution in [0.1, 0.15) is 96.8 Å². The number of carboxylic acid groups (broad SMARTS) is 1. The Balaban J connectivity index is 3.52. The Kier molecular flexibility index (Phi) is 15.2. The number of rotatable bonds is 18. The maximum absolute atomic E-state index is 10.4. The third kappa shape index (κ3) is 18.0. The first-order chi connectivity index (χ1) is 11.9. The van der Waals surface area contributed by atoms with Gasteiger partial charge in [-0.3, -0.25) is 0 Å². The topological polar surface area (TPSA) is 60.4 Å². The number of likely N-dealkylation sites (N-methyl/N-ethyl adjacent to an activating group) is 1. The number of hydrogen-bond acceptors (Lipinski definition) is 3. The zero-order chi connectivity index (χ0) is 19.0. The van der Waals surface area contributed by atoms with Gasteiger partial charge in [0.15, 0.2) is 0 Å². The second-order valence-corrected chi connectivity index (χ2v) is 8.30. The second-order valence-electron chi connectivity index (χ2n) is 8.30. The van der Waals surface area contributed by atoms with Gasteiger partial charge < -0.3 is 19.5 Å². The van der Waals surface area contributed by atoms with Gasteiger partial charge in [-0.15, -0.1) is 0 Å². The average molecular weight is 358 g/mol. The summed E-state index contributed by atoms with van der Waals surface area (Å²) in [5, 5.41) is 20.6. The molecule has 1 N–H and O–H groups in total. The van der Waals surface area contributed by atoms with Gasteiger partial charge in [-0.05, 0) is 25.7 Å². The molecule has 0 spiro atoms. The number of aliphatic carboxylic acids is 1. The lowest BCUT2D eigenvalue weighted by molar-refractivity contribution is -0.893. The number of aliphatic hydroxyl groups excluding tert-OH is 1. The SMILES string of the molecule is CCCCCCCCCCCCC(O)C[N+](C)(C)CCCCC(=O)[O-]. The lowest BCUT2D eigenvalue weighted by Crippen LogP contribution is -2.46. The fraction of sp³-hybridized carbons (Fsp3) is 0.952. The van der Waals surface area contributed by atoms with Gasteiger partial charge in [0.25, 0.3) is 0 Å². The fourth-order valence-corrected chi connectivity index (χ4v) is 3.43. The molecule has 0 aromatic carbocycles. The average Bonchev–Trinajstić information content (AvgIpc) is 2.53. The predicted octanol–water partition coefficient (Wildman–Crippen LogP) is 3.65. The number of carbonyl (C=O) groups excluding carboxylic acids is 1. The molecule has 0 bridgehead atoms. The molecular formula is C21H43NO3. The van der Waals surface area contributed by atoms with Crippen molar-refractivity contribution in [1.29, 1.82) is 0 Å². The molecule has 4 nitrogen and oxygen atoms in total. The Morgan fingerprint density at radius 3 is 1.92 bits per heavy atom. The van der Waals surface area contributed by atoms with Gasteiger partial charge in [-0.1, -0.05) is 71.1 Å². The lowest BCUT2D eigenvalue weighted by Gasteiger charge is -2.32. The van der Waals surface area contributed by atoms with Crippen molar-refractivity contribution in [3.05, 3.63) is 0 Å². The summed E-state index contributed by atoms with van der Waals surface area (Å²) in [5.74, 6) is -0.966. The summed E-state index contributed by atoms with van der Waals surface area (Å²) < 4.78 is 0.756. The van der Waals surface area contributed by atoms with Crippen LogP contribution in [0.4, 0.5) is 0 Å². The van der Waals surface area contributed by atoms with Crippen LogP contribution in [0.3, 0.4) is 0 Å². The highest BCUT2D eigenvalue weighted by Crippen LogP contribution is 2.13. The van der Waals surface area contributed by atoms with Gasteiger partial charge in [-0.25, -0.2) is 0 Å². The van der Waals surface area contributed by atoms with Crippen molar-refractivity contribution in [3.8, 4) is 0 Å². The minimum absolute atomic E-state index is 0.140. The van der Waals surface area contributed by atoms with E-state index in [4.69, 9.17) is 0 Å². The number of nitrogens with zero attached hydrogens (tertiary/aromatic N) is 1. The number of aliphatic hydroxyl groups is 1. The van der Waals surface area contributed by atoms with Crippen LogP contribution in [0.2, 0.25) is 0 Å². The van der Waals surface area contributed by atoms with Crippen LogP contribution in [-0.4, -0.2) is 48.8 Å². The van der Waals surface area contributed by atoms with E-state index in [-0.39, 0.29) is 12.5 Å². The lowest BCUT2D eigenvalue weighted by atomic mass is 10.0. The third-order valence-electron chi connectivity index (χ3n) is 4.99. The first kappa shape index (κ1) is 24.4. The van der Waals surface area contributed by atoms with Gasteiger partial charge in [-0.2, -0.15) is 0 Å². The number of unbranched alkanes of at least 4 members (excludes halogenated alkanes) is 10. The van der Waals surface area contributed by atoms with E-state index in [1.807, 2.05) is 0 Å². The molecule has 0 aromatic rings. The maximum atomic E-state index is 10.4. The summed E-state index contributed by atoms with van der Waals surface area (Å²) in [6.45, 7) is 3.91. The number of quaternary nitrogens is 1. The molecule has 0 aliphatic carbocycles. The van der Waals surface area contributed by atoms with Crippen molar-refractivity contribution >= 4 is 5.97 Å². The minimum Gasteiger partial charge on any atom is -0.550 e. The van der Waals surface area contributed by atoms with Crippen molar-refractivity contribution in [2.45, 2.75) is 103 Å². The van der Waals surface area contributed by atoms with E-state index in [9.17, 15) is 15.0 Å². The normalized spacial score (nSPS) is 13.1. The van der Waals surface area contributed by atoms with Crippen molar-refractivity contribution in [2.75, 3.05) is 27.2 Å². The van der Waals surface area contributed by atoms with Crippen LogP contribution < -0.4 is 5.11 Å². The molecule has 0 aliphatic heterocycles. The van der Waals surface area contributed by atoms with Gasteiger partial charge in [0, 0.05) is 5.97 Å².